The minimum atomic E-state index is 0.573. The van der Waals surface area contributed by atoms with Crippen molar-refractivity contribution >= 4 is 16.5 Å². The number of thiazole rings is 1. The van der Waals surface area contributed by atoms with E-state index in [0.29, 0.717) is 6.54 Å². The summed E-state index contributed by atoms with van der Waals surface area (Å²) >= 11 is 1.69. The second-order valence-electron chi connectivity index (χ2n) is 4.63. The number of imidazole rings is 1. The van der Waals surface area contributed by atoms with Gasteiger partial charge in [-0.2, -0.15) is 0 Å². The number of nitrogens with zero attached hydrogens (tertiary/aromatic N) is 4. The van der Waals surface area contributed by atoms with E-state index in [2.05, 4.69) is 16.8 Å². The van der Waals surface area contributed by atoms with E-state index in [1.807, 2.05) is 31.1 Å². The Balaban J connectivity index is 2.14. The van der Waals surface area contributed by atoms with Gasteiger partial charge in [0.05, 0.1) is 12.2 Å². The van der Waals surface area contributed by atoms with Gasteiger partial charge in [-0.25, -0.2) is 9.97 Å². The minimum Gasteiger partial charge on any atom is -0.344 e. The van der Waals surface area contributed by atoms with E-state index in [9.17, 15) is 0 Å². The smallest absolute Gasteiger partial charge is 0.185 e. The van der Waals surface area contributed by atoms with Crippen molar-refractivity contribution in [3.05, 3.63) is 28.8 Å². The molecule has 6 heteroatoms. The molecule has 2 heterocycles. The first-order valence-electron chi connectivity index (χ1n) is 6.51. The van der Waals surface area contributed by atoms with Crippen molar-refractivity contribution in [2.45, 2.75) is 32.9 Å². The van der Waals surface area contributed by atoms with Gasteiger partial charge >= 0.3 is 0 Å². The highest BCUT2D eigenvalue weighted by molar-refractivity contribution is 7.15. The van der Waals surface area contributed by atoms with E-state index in [-0.39, 0.29) is 0 Å². The molecule has 2 aromatic rings. The molecule has 2 N–H and O–H groups in total. The first kappa shape index (κ1) is 14.0. The lowest BCUT2D eigenvalue weighted by Crippen LogP contribution is -2.18. The molecule has 0 aromatic carbocycles. The molecule has 0 aliphatic rings. The Hall–Kier alpha value is -1.40. The molecule has 0 unspecified atom stereocenters. The maximum absolute atomic E-state index is 5.79. The highest BCUT2D eigenvalue weighted by atomic mass is 32.1. The topological polar surface area (TPSA) is 60.0 Å². The predicted molar refractivity (Wildman–Crippen MR) is 79.3 cm³/mol. The van der Waals surface area contributed by atoms with Crippen LogP contribution in [-0.2, 0) is 26.6 Å². The van der Waals surface area contributed by atoms with Crippen molar-refractivity contribution in [3.63, 3.8) is 0 Å². The molecule has 0 saturated carbocycles. The van der Waals surface area contributed by atoms with Crippen LogP contribution in [0.5, 0.6) is 0 Å². The fourth-order valence-corrected chi connectivity index (χ4v) is 2.90. The molecule has 0 atom stereocenters. The van der Waals surface area contributed by atoms with Gasteiger partial charge in [0.15, 0.2) is 5.13 Å². The predicted octanol–water partition coefficient (Wildman–Crippen LogP) is 1.92. The molecular weight excluding hydrogens is 258 g/mol. The maximum Gasteiger partial charge on any atom is 0.185 e. The summed E-state index contributed by atoms with van der Waals surface area (Å²) in [5.41, 5.74) is 6.94. The summed E-state index contributed by atoms with van der Waals surface area (Å²) in [4.78, 5) is 12.4. The third-order valence-corrected chi connectivity index (χ3v) is 4.30. The zero-order chi connectivity index (χ0) is 13.8. The first-order valence-corrected chi connectivity index (χ1v) is 7.33. The number of anilines is 1. The number of aromatic nitrogens is 3. The fraction of sp³-hybridized carbons (Fsp3) is 0.538. The molecule has 0 aliphatic heterocycles. The number of rotatable bonds is 6. The van der Waals surface area contributed by atoms with E-state index in [1.165, 1.54) is 4.88 Å². The van der Waals surface area contributed by atoms with Gasteiger partial charge in [-0.05, 0) is 6.42 Å². The van der Waals surface area contributed by atoms with Gasteiger partial charge in [0.1, 0.15) is 5.82 Å². The summed E-state index contributed by atoms with van der Waals surface area (Å²) in [5.74, 6) is 1.03. The van der Waals surface area contributed by atoms with Gasteiger partial charge in [0, 0.05) is 37.9 Å². The zero-order valence-electron chi connectivity index (χ0n) is 11.8. The van der Waals surface area contributed by atoms with E-state index < -0.39 is 0 Å². The molecule has 0 radical (unpaired) electrons. The molecule has 2 rings (SSSR count). The molecule has 19 heavy (non-hydrogen) atoms. The van der Waals surface area contributed by atoms with Crippen molar-refractivity contribution in [1.82, 2.24) is 14.5 Å². The molecule has 0 amide bonds. The summed E-state index contributed by atoms with van der Waals surface area (Å²) in [6, 6.07) is 0. The molecule has 0 spiro atoms. The Labute approximate surface area is 118 Å². The lowest BCUT2D eigenvalue weighted by molar-refractivity contribution is 0.757. The van der Waals surface area contributed by atoms with Crippen molar-refractivity contribution in [3.8, 4) is 0 Å². The Morgan fingerprint density at radius 3 is 2.84 bits per heavy atom. The molecule has 104 valence electrons. The first-order chi connectivity index (χ1) is 9.15. The van der Waals surface area contributed by atoms with E-state index in [4.69, 9.17) is 10.7 Å². The van der Waals surface area contributed by atoms with Crippen LogP contribution in [0.2, 0.25) is 0 Å². The Bertz CT molecular complexity index is 531. The molecule has 5 nitrogen and oxygen atoms in total. The van der Waals surface area contributed by atoms with Crippen LogP contribution in [0, 0.1) is 0 Å². The Morgan fingerprint density at radius 2 is 2.26 bits per heavy atom. The van der Waals surface area contributed by atoms with Gasteiger partial charge in [0.25, 0.3) is 0 Å². The molecule has 0 bridgehead atoms. The highest BCUT2D eigenvalue weighted by Crippen LogP contribution is 2.27. The average molecular weight is 279 g/mol. The molecule has 0 saturated heterocycles. The van der Waals surface area contributed by atoms with Crippen molar-refractivity contribution in [2.75, 3.05) is 11.9 Å². The summed E-state index contributed by atoms with van der Waals surface area (Å²) < 4.78 is 2.03. The molecule has 2 aromatic heterocycles. The quantitative estimate of drug-likeness (QED) is 0.877. The van der Waals surface area contributed by atoms with Crippen LogP contribution >= 0.6 is 11.3 Å². The van der Waals surface area contributed by atoms with Crippen LogP contribution in [0.3, 0.4) is 0 Å². The Kier molecular flexibility index (Phi) is 4.55. The average Bonchev–Trinajstić information content (AvgIpc) is 2.97. The van der Waals surface area contributed by atoms with Crippen LogP contribution in [0.4, 0.5) is 5.13 Å². The molecule has 0 fully saturated rings. The summed E-state index contributed by atoms with van der Waals surface area (Å²) in [7, 11) is 4.05. The third-order valence-electron chi connectivity index (χ3n) is 3.07. The van der Waals surface area contributed by atoms with Gasteiger partial charge in [-0.15, -0.1) is 11.3 Å². The van der Waals surface area contributed by atoms with Gasteiger partial charge in [0.2, 0.25) is 0 Å². The lowest BCUT2D eigenvalue weighted by atomic mass is 10.2. The summed E-state index contributed by atoms with van der Waals surface area (Å²) in [6.07, 6.45) is 5.87. The largest absolute Gasteiger partial charge is 0.344 e. The number of hydrogen-bond acceptors (Lipinski definition) is 5. The Morgan fingerprint density at radius 1 is 1.47 bits per heavy atom. The lowest BCUT2D eigenvalue weighted by Gasteiger charge is -2.15. The van der Waals surface area contributed by atoms with E-state index >= 15 is 0 Å². The number of aryl methyl sites for hydroxylation is 2. The van der Waals surface area contributed by atoms with Crippen molar-refractivity contribution < 1.29 is 0 Å². The summed E-state index contributed by atoms with van der Waals surface area (Å²) in [5, 5.41) is 1.02. The second kappa shape index (κ2) is 6.16. The maximum atomic E-state index is 5.79. The van der Waals surface area contributed by atoms with Gasteiger partial charge in [-0.1, -0.05) is 13.3 Å². The van der Waals surface area contributed by atoms with Gasteiger partial charge in [-0.3, -0.25) is 0 Å². The van der Waals surface area contributed by atoms with Crippen LogP contribution in [0.25, 0.3) is 0 Å². The number of nitrogens with two attached hydrogens (primary N) is 1. The van der Waals surface area contributed by atoms with Crippen LogP contribution in [-0.4, -0.2) is 21.6 Å². The van der Waals surface area contributed by atoms with E-state index in [1.54, 1.807) is 11.3 Å². The fourth-order valence-electron chi connectivity index (χ4n) is 1.95. The van der Waals surface area contributed by atoms with Gasteiger partial charge < -0.3 is 15.2 Å². The van der Waals surface area contributed by atoms with Crippen LogP contribution < -0.4 is 10.6 Å². The highest BCUT2D eigenvalue weighted by Gasteiger charge is 2.14. The van der Waals surface area contributed by atoms with Crippen LogP contribution in [0.1, 0.15) is 29.7 Å². The van der Waals surface area contributed by atoms with Crippen LogP contribution in [0.15, 0.2) is 12.4 Å². The normalized spacial score (nSPS) is 10.9. The SMILES string of the molecule is CCCc1nc(N(C)Cc2nccn2C)sc1CN. The summed E-state index contributed by atoms with van der Waals surface area (Å²) in [6.45, 7) is 3.49. The molecular formula is C13H21N5S. The number of hydrogen-bond donors (Lipinski definition) is 1. The van der Waals surface area contributed by atoms with Crippen molar-refractivity contribution in [2.24, 2.45) is 12.8 Å². The van der Waals surface area contributed by atoms with E-state index in [0.717, 1.165) is 36.0 Å². The molecule has 0 aliphatic carbocycles. The zero-order valence-corrected chi connectivity index (χ0v) is 12.6. The minimum absolute atomic E-state index is 0.573. The standard InChI is InChI=1S/C13H21N5S/c1-4-5-10-11(8-14)19-13(16-10)18(3)9-12-15-6-7-17(12)2/h6-7H,4-5,8-9,14H2,1-3H3. The monoisotopic (exact) mass is 279 g/mol. The van der Waals surface area contributed by atoms with Crippen molar-refractivity contribution in [1.29, 1.82) is 0 Å². The third kappa shape index (κ3) is 3.13. The second-order valence-corrected chi connectivity index (χ2v) is 5.69.